The molecule has 1 N–H and O–H groups in total. The number of rotatable bonds is 6. The number of hydrogen-bond donors (Lipinski definition) is 1. The molecule has 0 unspecified atom stereocenters. The molecule has 5 nitrogen and oxygen atoms in total. The lowest BCUT2D eigenvalue weighted by atomic mass is 10.1. The van der Waals surface area contributed by atoms with Crippen molar-refractivity contribution in [2.45, 2.75) is 12.4 Å². The highest BCUT2D eigenvalue weighted by atomic mass is 35.5. The van der Waals surface area contributed by atoms with E-state index in [0.717, 1.165) is 6.07 Å². The summed E-state index contributed by atoms with van der Waals surface area (Å²) in [5.41, 5.74) is -5.46. The Balaban J connectivity index is 3.19. The Morgan fingerprint density at radius 1 is 1.45 bits per heavy atom. The third-order valence-electron chi connectivity index (χ3n) is 2.29. The van der Waals surface area contributed by atoms with E-state index in [-0.39, 0.29) is 27.9 Å². The van der Waals surface area contributed by atoms with Gasteiger partial charge in [0, 0.05) is 10.6 Å². The lowest BCUT2D eigenvalue weighted by Gasteiger charge is -2.14. The molecule has 0 aliphatic rings. The SMILES string of the molecule is CSCON=C(C)c1cc(Cl)ccc1NS(=O)(=O)C(F)(F)F. The monoisotopic (exact) mass is 376 g/mol. The minimum atomic E-state index is -5.54. The predicted molar refractivity (Wildman–Crippen MR) is 81.7 cm³/mol. The standard InChI is InChI=1S/C11H12ClF3N2O3S2/c1-7(16-20-6-21-2)9-5-8(12)3-4-10(9)17-22(18,19)11(13,14)15/h3-5,17H,6H2,1-2H3. The molecule has 124 valence electrons. The van der Waals surface area contributed by atoms with Crippen molar-refractivity contribution in [3.8, 4) is 0 Å². The number of halogens is 4. The molecule has 1 rings (SSSR count). The summed E-state index contributed by atoms with van der Waals surface area (Å²) in [7, 11) is -5.54. The van der Waals surface area contributed by atoms with Crippen LogP contribution in [0.3, 0.4) is 0 Å². The molecule has 1 aromatic rings. The third kappa shape index (κ3) is 4.96. The highest BCUT2D eigenvalue weighted by Gasteiger charge is 2.46. The van der Waals surface area contributed by atoms with E-state index in [1.54, 1.807) is 6.26 Å². The van der Waals surface area contributed by atoms with Crippen LogP contribution in [-0.2, 0) is 14.9 Å². The number of benzene rings is 1. The highest BCUT2D eigenvalue weighted by molar-refractivity contribution is 7.98. The van der Waals surface area contributed by atoms with Crippen molar-refractivity contribution in [3.63, 3.8) is 0 Å². The van der Waals surface area contributed by atoms with Crippen molar-refractivity contribution in [1.82, 2.24) is 0 Å². The van der Waals surface area contributed by atoms with Gasteiger partial charge in [0.15, 0.2) is 5.94 Å². The van der Waals surface area contributed by atoms with Crippen LogP contribution in [0, 0.1) is 0 Å². The molecule has 0 heterocycles. The zero-order chi connectivity index (χ0) is 17.0. The first-order chi connectivity index (χ1) is 10.1. The molecule has 0 saturated carbocycles. The summed E-state index contributed by atoms with van der Waals surface area (Å²) in [4.78, 5) is 4.90. The maximum absolute atomic E-state index is 12.4. The fraction of sp³-hybridized carbons (Fsp3) is 0.364. The van der Waals surface area contributed by atoms with E-state index in [9.17, 15) is 21.6 Å². The fourth-order valence-electron chi connectivity index (χ4n) is 1.33. The Morgan fingerprint density at radius 3 is 2.64 bits per heavy atom. The molecule has 0 saturated heterocycles. The Bertz CT molecular complexity index is 663. The van der Waals surface area contributed by atoms with Gasteiger partial charge >= 0.3 is 15.5 Å². The van der Waals surface area contributed by atoms with Gasteiger partial charge in [0.05, 0.1) is 11.4 Å². The van der Waals surface area contributed by atoms with Gasteiger partial charge in [0.2, 0.25) is 0 Å². The molecule has 0 atom stereocenters. The van der Waals surface area contributed by atoms with Crippen LogP contribution < -0.4 is 4.72 Å². The van der Waals surface area contributed by atoms with E-state index < -0.39 is 15.5 Å². The maximum Gasteiger partial charge on any atom is 0.516 e. The van der Waals surface area contributed by atoms with Crippen molar-refractivity contribution < 1.29 is 26.4 Å². The molecule has 0 fully saturated rings. The number of anilines is 1. The highest BCUT2D eigenvalue weighted by Crippen LogP contribution is 2.28. The molecule has 0 aromatic heterocycles. The summed E-state index contributed by atoms with van der Waals surface area (Å²) in [6, 6.07) is 3.67. The minimum Gasteiger partial charge on any atom is -0.385 e. The number of hydrogen-bond acceptors (Lipinski definition) is 5. The third-order valence-corrected chi connectivity index (χ3v) is 3.97. The van der Waals surface area contributed by atoms with Gasteiger partial charge in [-0.15, -0.1) is 11.8 Å². The van der Waals surface area contributed by atoms with Gasteiger partial charge in [0.1, 0.15) is 0 Å². The maximum atomic E-state index is 12.4. The second-order valence-electron chi connectivity index (χ2n) is 3.95. The van der Waals surface area contributed by atoms with E-state index >= 15 is 0 Å². The van der Waals surface area contributed by atoms with Crippen molar-refractivity contribution in [3.05, 3.63) is 28.8 Å². The Hall–Kier alpha value is -1.13. The molecule has 0 aliphatic heterocycles. The van der Waals surface area contributed by atoms with Gasteiger partial charge in [-0.2, -0.15) is 21.6 Å². The Kier molecular flexibility index (Phi) is 6.38. The molecule has 0 radical (unpaired) electrons. The van der Waals surface area contributed by atoms with Gasteiger partial charge in [-0.05, 0) is 31.4 Å². The average Bonchev–Trinajstić information content (AvgIpc) is 2.39. The van der Waals surface area contributed by atoms with Crippen molar-refractivity contribution >= 4 is 44.8 Å². The summed E-state index contributed by atoms with van der Waals surface area (Å²) >= 11 is 7.13. The second kappa shape index (κ2) is 7.42. The van der Waals surface area contributed by atoms with Crippen LogP contribution in [0.4, 0.5) is 18.9 Å². The van der Waals surface area contributed by atoms with Crippen LogP contribution in [-0.4, -0.2) is 31.8 Å². The fourth-order valence-corrected chi connectivity index (χ4v) is 2.25. The van der Waals surface area contributed by atoms with Crippen molar-refractivity contribution in [2.75, 3.05) is 16.9 Å². The number of alkyl halides is 3. The zero-order valence-electron chi connectivity index (χ0n) is 11.4. The van der Waals surface area contributed by atoms with Crippen LogP contribution in [0.15, 0.2) is 23.4 Å². The number of sulfonamides is 1. The van der Waals surface area contributed by atoms with Gasteiger partial charge in [-0.25, -0.2) is 0 Å². The molecule has 0 amide bonds. The zero-order valence-corrected chi connectivity index (χ0v) is 13.8. The summed E-state index contributed by atoms with van der Waals surface area (Å²) < 4.78 is 61.2. The van der Waals surface area contributed by atoms with E-state index in [1.165, 1.54) is 35.5 Å². The van der Waals surface area contributed by atoms with Crippen LogP contribution in [0.5, 0.6) is 0 Å². The van der Waals surface area contributed by atoms with E-state index in [4.69, 9.17) is 16.4 Å². The molecule has 0 aliphatic carbocycles. The normalized spacial score (nSPS) is 13.1. The summed E-state index contributed by atoms with van der Waals surface area (Å²) in [6.07, 6.45) is 1.77. The summed E-state index contributed by atoms with van der Waals surface area (Å²) in [6.45, 7) is 1.46. The first-order valence-corrected chi connectivity index (χ1v) is 8.88. The van der Waals surface area contributed by atoms with Gasteiger partial charge < -0.3 is 4.84 Å². The molecular formula is C11H12ClF3N2O3S2. The van der Waals surface area contributed by atoms with E-state index in [2.05, 4.69) is 5.16 Å². The number of thioether (sulfide) groups is 1. The van der Waals surface area contributed by atoms with Crippen LogP contribution in [0.2, 0.25) is 5.02 Å². The quantitative estimate of drug-likeness (QED) is 0.356. The van der Waals surface area contributed by atoms with Crippen LogP contribution in [0.1, 0.15) is 12.5 Å². The van der Waals surface area contributed by atoms with Crippen molar-refractivity contribution in [2.24, 2.45) is 5.16 Å². The molecule has 11 heteroatoms. The first kappa shape index (κ1) is 18.9. The lowest BCUT2D eigenvalue weighted by molar-refractivity contribution is -0.0429. The molecule has 0 spiro atoms. The van der Waals surface area contributed by atoms with Gasteiger partial charge in [-0.3, -0.25) is 4.72 Å². The molecule has 1 aromatic carbocycles. The van der Waals surface area contributed by atoms with Crippen molar-refractivity contribution in [1.29, 1.82) is 0 Å². The first-order valence-electron chi connectivity index (χ1n) is 5.63. The number of nitrogens with zero attached hydrogens (tertiary/aromatic N) is 1. The Labute approximate surface area is 134 Å². The predicted octanol–water partition coefficient (Wildman–Crippen LogP) is 3.66. The second-order valence-corrected chi connectivity index (χ2v) is 6.88. The van der Waals surface area contributed by atoms with E-state index in [0.29, 0.717) is 0 Å². The smallest absolute Gasteiger partial charge is 0.385 e. The lowest BCUT2D eigenvalue weighted by Crippen LogP contribution is -2.30. The molecular weight excluding hydrogens is 365 g/mol. The average molecular weight is 377 g/mol. The number of nitrogens with one attached hydrogen (secondary N) is 1. The minimum absolute atomic E-state index is 0.0847. The van der Waals surface area contributed by atoms with Gasteiger partial charge in [0.25, 0.3) is 0 Å². The molecule has 0 bridgehead atoms. The van der Waals surface area contributed by atoms with Crippen LogP contribution >= 0.6 is 23.4 Å². The Morgan fingerprint density at radius 2 is 2.09 bits per heavy atom. The van der Waals surface area contributed by atoms with Gasteiger partial charge in [-0.1, -0.05) is 16.8 Å². The summed E-state index contributed by atoms with van der Waals surface area (Å²) in [5, 5.41) is 3.91. The van der Waals surface area contributed by atoms with E-state index in [1.807, 2.05) is 0 Å². The molecule has 22 heavy (non-hydrogen) atoms. The summed E-state index contributed by atoms with van der Waals surface area (Å²) in [5.74, 6) is 0.238. The largest absolute Gasteiger partial charge is 0.516 e. The topological polar surface area (TPSA) is 67.8 Å². The van der Waals surface area contributed by atoms with Crippen LogP contribution in [0.25, 0.3) is 0 Å². The number of oxime groups is 1.